The quantitative estimate of drug-likeness (QED) is 0.376. The second kappa shape index (κ2) is 2.95. The van der Waals surface area contributed by atoms with E-state index in [-0.39, 0.29) is 0 Å². The van der Waals surface area contributed by atoms with E-state index < -0.39 is 0 Å². The molecule has 0 saturated heterocycles. The van der Waals surface area contributed by atoms with Gasteiger partial charge in [0.15, 0.2) is 0 Å². The van der Waals surface area contributed by atoms with Crippen LogP contribution in [0.3, 0.4) is 0 Å². The van der Waals surface area contributed by atoms with E-state index in [1.165, 1.54) is 0 Å². The number of hydrogen-bond acceptors (Lipinski definition) is 0. The molecule has 0 aromatic rings. The van der Waals surface area contributed by atoms with Crippen LogP contribution in [0.4, 0.5) is 0 Å². The van der Waals surface area contributed by atoms with Gasteiger partial charge in [-0.3, -0.25) is 0 Å². The van der Waals surface area contributed by atoms with Gasteiger partial charge in [0.1, 0.15) is 0 Å². The summed E-state index contributed by atoms with van der Waals surface area (Å²) in [6.45, 7) is 1.90. The van der Waals surface area contributed by atoms with Crippen molar-refractivity contribution >= 4 is 14.3 Å². The summed E-state index contributed by atoms with van der Waals surface area (Å²) in [5.74, 6) is 0. The van der Waals surface area contributed by atoms with Gasteiger partial charge in [-0.05, 0) is 13.0 Å². The van der Waals surface area contributed by atoms with E-state index in [0.717, 1.165) is 0 Å². The summed E-state index contributed by atoms with van der Waals surface area (Å²) in [5.41, 5.74) is 2.61. The first-order valence-electron chi connectivity index (χ1n) is 1.12. The maximum absolute atomic E-state index is 2.98. The van der Waals surface area contributed by atoms with E-state index in [9.17, 15) is 0 Å². The molecule has 0 saturated carbocycles. The molecular weight excluding hydrogens is 67.0 g/mol. The van der Waals surface area contributed by atoms with E-state index in [0.29, 0.717) is 0 Å². The van der Waals surface area contributed by atoms with Gasteiger partial charge in [0.25, 0.3) is 0 Å². The zero-order valence-electron chi connectivity index (χ0n) is 2.58. The average Bonchev–Trinajstić information content (AvgIpc) is 1.37. The second-order valence-corrected chi connectivity index (χ2v) is 0.722. The lowest BCUT2D eigenvalue weighted by Crippen LogP contribution is -1.25. The fourth-order valence-electron chi connectivity index (χ4n) is 0. The summed E-state index contributed by atoms with van der Waals surface area (Å²) in [7, 11) is 2.98. The minimum Gasteiger partial charge on any atom is -0.102 e. The minimum absolute atomic E-state index is 1.79. The molecule has 0 aromatic heterocycles. The lowest BCUT2D eigenvalue weighted by atomic mass is 10.8. The van der Waals surface area contributed by atoms with Gasteiger partial charge in [-0.1, -0.05) is 8.86 Å². The standard InChI is InChI=1S/C3H5P/c1-2-3-4/h2,4H,1H3. The van der Waals surface area contributed by atoms with Crippen molar-refractivity contribution in [2.75, 3.05) is 0 Å². The van der Waals surface area contributed by atoms with Crippen LogP contribution in [0.2, 0.25) is 0 Å². The van der Waals surface area contributed by atoms with Gasteiger partial charge in [0.2, 0.25) is 0 Å². The van der Waals surface area contributed by atoms with Crippen LogP contribution in [0.5, 0.6) is 0 Å². The molecule has 0 bridgehead atoms. The Balaban J connectivity index is 3.11. The Morgan fingerprint density at radius 2 is 2.25 bits per heavy atom. The van der Waals surface area contributed by atoms with Crippen molar-refractivity contribution < 1.29 is 0 Å². The molecule has 0 amide bonds. The SMILES string of the molecule is CC=C=P. The molecule has 0 nitrogen and oxygen atoms in total. The van der Waals surface area contributed by atoms with Gasteiger partial charge in [-0.25, -0.2) is 0 Å². The molecule has 0 radical (unpaired) electrons. The third-order valence-electron chi connectivity index (χ3n) is 0.144. The highest BCUT2D eigenvalue weighted by Gasteiger charge is 1.25. The molecule has 0 unspecified atom stereocenters. The van der Waals surface area contributed by atoms with Crippen LogP contribution in [-0.2, 0) is 0 Å². The van der Waals surface area contributed by atoms with Crippen LogP contribution in [0.1, 0.15) is 6.92 Å². The Kier molecular flexibility index (Phi) is 2.91. The highest BCUT2D eigenvalue weighted by molar-refractivity contribution is 7.17. The van der Waals surface area contributed by atoms with Crippen LogP contribution in [0.25, 0.3) is 0 Å². The Bertz CT molecular complexity index is 41.2. The third-order valence-corrected chi connectivity index (χ3v) is 0.433. The predicted molar refractivity (Wildman–Crippen MR) is 23.6 cm³/mol. The largest absolute Gasteiger partial charge is 0.102 e. The molecule has 0 aliphatic carbocycles. The highest BCUT2D eigenvalue weighted by Crippen LogP contribution is 1.46. The second-order valence-electron chi connectivity index (χ2n) is 0.433. The maximum atomic E-state index is 2.98. The fourth-order valence-corrected chi connectivity index (χ4v) is 0. The van der Waals surface area contributed by atoms with Crippen LogP contribution in [0.15, 0.2) is 6.08 Å². The molecule has 0 aromatic carbocycles. The summed E-state index contributed by atoms with van der Waals surface area (Å²) in [4.78, 5) is 0. The van der Waals surface area contributed by atoms with E-state index in [2.05, 4.69) is 14.3 Å². The number of rotatable bonds is 0. The Hall–Kier alpha value is -0.0500. The molecule has 0 rings (SSSR count). The van der Waals surface area contributed by atoms with Gasteiger partial charge >= 0.3 is 0 Å². The molecule has 0 atom stereocenters. The van der Waals surface area contributed by atoms with Crippen molar-refractivity contribution in [2.24, 2.45) is 0 Å². The van der Waals surface area contributed by atoms with E-state index in [1.807, 2.05) is 6.92 Å². The zero-order valence-corrected chi connectivity index (χ0v) is 3.58. The van der Waals surface area contributed by atoms with Gasteiger partial charge in [-0.2, -0.15) is 0 Å². The molecule has 0 heterocycles. The zero-order chi connectivity index (χ0) is 3.41. The Morgan fingerprint density at radius 3 is 2.25 bits per heavy atom. The van der Waals surface area contributed by atoms with Gasteiger partial charge in [0, 0.05) is 0 Å². The summed E-state index contributed by atoms with van der Waals surface area (Å²) >= 11 is 0. The van der Waals surface area contributed by atoms with Crippen LogP contribution in [0, 0.1) is 0 Å². The molecule has 22 valence electrons. The molecule has 1 heteroatoms. The Labute approximate surface area is 28.4 Å². The van der Waals surface area contributed by atoms with E-state index in [4.69, 9.17) is 0 Å². The van der Waals surface area contributed by atoms with Crippen molar-refractivity contribution in [1.29, 1.82) is 0 Å². The summed E-state index contributed by atoms with van der Waals surface area (Å²) in [6, 6.07) is 0. The minimum atomic E-state index is 1.79. The lowest BCUT2D eigenvalue weighted by Gasteiger charge is -1.36. The monoisotopic (exact) mass is 72.0 g/mol. The number of allylic oxidation sites excluding steroid dienone is 1. The first-order valence-corrected chi connectivity index (χ1v) is 1.62. The van der Waals surface area contributed by atoms with E-state index in [1.54, 1.807) is 6.08 Å². The van der Waals surface area contributed by atoms with Gasteiger partial charge in [0.05, 0.1) is 0 Å². The number of hydrogen-bond donors (Lipinski definition) is 0. The normalized spacial score (nSPS) is 4.25. The first kappa shape index (κ1) is 3.95. The third kappa shape index (κ3) is 1.95. The van der Waals surface area contributed by atoms with Crippen LogP contribution >= 0.6 is 8.86 Å². The maximum Gasteiger partial charge on any atom is -0.0390 e. The smallest absolute Gasteiger partial charge is 0.0390 e. The average molecular weight is 72.0 g/mol. The van der Waals surface area contributed by atoms with Crippen molar-refractivity contribution in [1.82, 2.24) is 0 Å². The molecule has 0 fully saturated rings. The molecule has 0 aliphatic rings. The van der Waals surface area contributed by atoms with Crippen molar-refractivity contribution in [3.8, 4) is 0 Å². The van der Waals surface area contributed by atoms with Gasteiger partial charge in [-0.15, -0.1) is 5.45 Å². The van der Waals surface area contributed by atoms with Gasteiger partial charge < -0.3 is 0 Å². The predicted octanol–water partition coefficient (Wildman–Crippen LogP) is 1.11. The van der Waals surface area contributed by atoms with Crippen LogP contribution < -0.4 is 0 Å². The lowest BCUT2D eigenvalue weighted by molar-refractivity contribution is 1.84. The molecule has 0 aliphatic heterocycles. The van der Waals surface area contributed by atoms with Crippen molar-refractivity contribution in [3.63, 3.8) is 0 Å². The first-order chi connectivity index (χ1) is 1.91. The molecular formula is C3H5P. The summed E-state index contributed by atoms with van der Waals surface area (Å²) in [6.07, 6.45) is 1.79. The van der Waals surface area contributed by atoms with E-state index >= 15 is 0 Å². The summed E-state index contributed by atoms with van der Waals surface area (Å²) < 4.78 is 0. The summed E-state index contributed by atoms with van der Waals surface area (Å²) in [5, 5.41) is 0. The molecule has 0 spiro atoms. The molecule has 4 heavy (non-hydrogen) atoms. The Morgan fingerprint density at radius 1 is 2.00 bits per heavy atom. The van der Waals surface area contributed by atoms with Crippen molar-refractivity contribution in [2.45, 2.75) is 6.92 Å². The van der Waals surface area contributed by atoms with Crippen molar-refractivity contribution in [3.05, 3.63) is 6.08 Å². The highest BCUT2D eigenvalue weighted by atomic mass is 31.0. The van der Waals surface area contributed by atoms with Crippen LogP contribution in [-0.4, -0.2) is 5.45 Å². The molecule has 0 N–H and O–H groups in total. The topological polar surface area (TPSA) is 0 Å². The fraction of sp³-hybridized carbons (Fsp3) is 0.333.